The van der Waals surface area contributed by atoms with Crippen molar-refractivity contribution in [2.45, 2.75) is 26.1 Å². The van der Waals surface area contributed by atoms with Crippen LogP contribution in [0.3, 0.4) is 0 Å². The van der Waals surface area contributed by atoms with Crippen LogP contribution in [0.5, 0.6) is 0 Å². The summed E-state index contributed by atoms with van der Waals surface area (Å²) in [6, 6.07) is 5.48. The Kier molecular flexibility index (Phi) is 9.76. The Balaban J connectivity index is 0.000000373. The first-order valence-corrected chi connectivity index (χ1v) is 6.87. The molecule has 1 heterocycles. The van der Waals surface area contributed by atoms with Gasteiger partial charge < -0.3 is 29.9 Å². The molecule has 1 aromatic rings. The first-order valence-electron chi connectivity index (χ1n) is 6.87. The van der Waals surface area contributed by atoms with Gasteiger partial charge in [-0.25, -0.2) is 14.4 Å². The van der Waals surface area contributed by atoms with Crippen molar-refractivity contribution in [1.82, 2.24) is 0 Å². The van der Waals surface area contributed by atoms with Gasteiger partial charge in [0.25, 0.3) is 0 Å². The van der Waals surface area contributed by atoms with Gasteiger partial charge in [-0.2, -0.15) is 0 Å². The van der Waals surface area contributed by atoms with Crippen LogP contribution in [0, 0.1) is 0 Å². The van der Waals surface area contributed by atoms with Gasteiger partial charge in [-0.3, -0.25) is 0 Å². The normalized spacial score (nSPS) is 16.3. The number of hydrogen-bond acceptors (Lipinski definition) is 7. The average molecular weight is 344 g/mol. The SMILES string of the molecule is CC(O)CO.CC1COC(=O)O1.O=C(O)c1ccccc1C(=O)O. The van der Waals surface area contributed by atoms with Crippen LogP contribution in [0.1, 0.15) is 34.6 Å². The molecule has 0 spiro atoms. The zero-order valence-corrected chi connectivity index (χ0v) is 13.2. The molecule has 2 rings (SSSR count). The van der Waals surface area contributed by atoms with Crippen molar-refractivity contribution < 1.29 is 44.3 Å². The van der Waals surface area contributed by atoms with E-state index in [-0.39, 0.29) is 23.8 Å². The average Bonchev–Trinajstić information content (AvgIpc) is 2.91. The van der Waals surface area contributed by atoms with Gasteiger partial charge in [0, 0.05) is 0 Å². The van der Waals surface area contributed by atoms with E-state index in [2.05, 4.69) is 9.47 Å². The van der Waals surface area contributed by atoms with Crippen LogP contribution in [0.2, 0.25) is 0 Å². The third kappa shape index (κ3) is 8.71. The number of carbonyl (C=O) groups excluding carboxylic acids is 1. The molecule has 1 aromatic carbocycles. The molecule has 9 heteroatoms. The third-order valence-electron chi connectivity index (χ3n) is 2.39. The maximum Gasteiger partial charge on any atom is 0.508 e. The molecular formula is C15H20O9. The predicted molar refractivity (Wildman–Crippen MR) is 81.0 cm³/mol. The van der Waals surface area contributed by atoms with Gasteiger partial charge in [-0.1, -0.05) is 12.1 Å². The number of carboxylic acid groups (broad SMARTS) is 2. The molecule has 9 nitrogen and oxygen atoms in total. The molecule has 0 aromatic heterocycles. The summed E-state index contributed by atoms with van der Waals surface area (Å²) < 4.78 is 8.90. The molecule has 2 unspecified atom stereocenters. The standard InChI is InChI=1S/C8H6O4.C4H6O3.C3H8O2/c9-7(10)5-3-1-2-4-6(5)8(11)12;1-3-2-6-4(5)7-3;1-3(5)2-4/h1-4H,(H,9,10)(H,11,12);3H,2H2,1H3;3-5H,2H2,1H3. The highest BCUT2D eigenvalue weighted by Gasteiger charge is 2.19. The maximum atomic E-state index is 10.5. The molecule has 1 aliphatic heterocycles. The number of hydrogen-bond donors (Lipinski definition) is 4. The van der Waals surface area contributed by atoms with E-state index in [4.69, 9.17) is 20.4 Å². The number of benzene rings is 1. The van der Waals surface area contributed by atoms with E-state index >= 15 is 0 Å². The molecule has 1 saturated heterocycles. The second-order valence-electron chi connectivity index (χ2n) is 4.68. The second kappa shape index (κ2) is 11.0. The lowest BCUT2D eigenvalue weighted by Crippen LogP contribution is -2.06. The van der Waals surface area contributed by atoms with Gasteiger partial charge in [-0.05, 0) is 26.0 Å². The van der Waals surface area contributed by atoms with E-state index in [0.29, 0.717) is 6.61 Å². The fourth-order valence-corrected chi connectivity index (χ4v) is 1.27. The smallest absolute Gasteiger partial charge is 0.478 e. The fourth-order valence-electron chi connectivity index (χ4n) is 1.27. The molecule has 0 amide bonds. The molecule has 1 aliphatic rings. The Hall–Kier alpha value is -2.65. The van der Waals surface area contributed by atoms with Crippen molar-refractivity contribution in [1.29, 1.82) is 0 Å². The highest BCUT2D eigenvalue weighted by Crippen LogP contribution is 2.07. The highest BCUT2D eigenvalue weighted by molar-refractivity contribution is 6.01. The van der Waals surface area contributed by atoms with E-state index in [1.807, 2.05) is 0 Å². The zero-order chi connectivity index (χ0) is 18.7. The fraction of sp³-hybridized carbons (Fsp3) is 0.400. The molecular weight excluding hydrogens is 324 g/mol. The van der Waals surface area contributed by atoms with E-state index in [1.54, 1.807) is 6.92 Å². The van der Waals surface area contributed by atoms with Crippen LogP contribution in [0.25, 0.3) is 0 Å². The minimum absolute atomic E-state index is 0.0486. The van der Waals surface area contributed by atoms with Crippen LogP contribution >= 0.6 is 0 Å². The lowest BCUT2D eigenvalue weighted by molar-refractivity contribution is 0.0651. The Labute approximate surface area is 138 Å². The van der Waals surface area contributed by atoms with Crippen LogP contribution in [0.15, 0.2) is 24.3 Å². The minimum atomic E-state index is -1.23. The Morgan fingerprint density at radius 3 is 1.79 bits per heavy atom. The molecule has 2 atom stereocenters. The first-order chi connectivity index (χ1) is 11.2. The summed E-state index contributed by atoms with van der Waals surface area (Å²) in [5.74, 6) is -2.46. The van der Waals surface area contributed by atoms with Crippen molar-refractivity contribution in [2.24, 2.45) is 0 Å². The number of rotatable bonds is 3. The quantitative estimate of drug-likeness (QED) is 0.588. The second-order valence-corrected chi connectivity index (χ2v) is 4.68. The minimum Gasteiger partial charge on any atom is -0.478 e. The molecule has 134 valence electrons. The largest absolute Gasteiger partial charge is 0.508 e. The van der Waals surface area contributed by atoms with Gasteiger partial charge in [0.1, 0.15) is 12.7 Å². The summed E-state index contributed by atoms with van der Waals surface area (Å²) in [4.78, 5) is 30.9. The Morgan fingerprint density at radius 1 is 1.21 bits per heavy atom. The van der Waals surface area contributed by atoms with E-state index < -0.39 is 24.2 Å². The highest BCUT2D eigenvalue weighted by atomic mass is 16.8. The molecule has 24 heavy (non-hydrogen) atoms. The van der Waals surface area contributed by atoms with Crippen molar-refractivity contribution in [3.8, 4) is 0 Å². The zero-order valence-electron chi connectivity index (χ0n) is 13.2. The number of aliphatic hydroxyl groups is 2. The third-order valence-corrected chi connectivity index (χ3v) is 2.39. The van der Waals surface area contributed by atoms with Gasteiger partial charge in [0.15, 0.2) is 0 Å². The number of carboxylic acids is 2. The number of ether oxygens (including phenoxy) is 2. The first kappa shape index (κ1) is 21.4. The molecule has 4 N–H and O–H groups in total. The number of aromatic carboxylic acids is 2. The molecule has 0 radical (unpaired) electrons. The maximum absolute atomic E-state index is 10.5. The number of cyclic esters (lactones) is 2. The topological polar surface area (TPSA) is 151 Å². The summed E-state index contributed by atoms with van der Waals surface area (Å²) in [5, 5.41) is 33.1. The summed E-state index contributed by atoms with van der Waals surface area (Å²) in [6.07, 6.45) is -1.16. The summed E-state index contributed by atoms with van der Waals surface area (Å²) in [7, 11) is 0. The van der Waals surface area contributed by atoms with E-state index in [9.17, 15) is 14.4 Å². The molecule has 1 fully saturated rings. The van der Waals surface area contributed by atoms with Crippen molar-refractivity contribution >= 4 is 18.1 Å². The predicted octanol–water partition coefficient (Wildman–Crippen LogP) is 0.984. The van der Waals surface area contributed by atoms with Crippen molar-refractivity contribution in [3.63, 3.8) is 0 Å². The van der Waals surface area contributed by atoms with Crippen LogP contribution in [-0.2, 0) is 9.47 Å². The Bertz CT molecular complexity index is 521. The van der Waals surface area contributed by atoms with Gasteiger partial charge in [0.05, 0.1) is 23.8 Å². The van der Waals surface area contributed by atoms with Crippen molar-refractivity contribution in [2.75, 3.05) is 13.2 Å². The summed E-state index contributed by atoms with van der Waals surface area (Å²) in [6.45, 7) is 3.57. The van der Waals surface area contributed by atoms with E-state index in [1.165, 1.54) is 31.2 Å². The van der Waals surface area contributed by atoms with Crippen LogP contribution < -0.4 is 0 Å². The molecule has 0 saturated carbocycles. The molecule has 0 bridgehead atoms. The number of carbonyl (C=O) groups is 3. The Morgan fingerprint density at radius 2 is 1.62 bits per heavy atom. The molecule has 0 aliphatic carbocycles. The van der Waals surface area contributed by atoms with Crippen LogP contribution in [-0.4, -0.2) is 63.9 Å². The summed E-state index contributed by atoms with van der Waals surface area (Å²) >= 11 is 0. The monoisotopic (exact) mass is 344 g/mol. The summed E-state index contributed by atoms with van der Waals surface area (Å²) in [5.41, 5.74) is -0.380. The van der Waals surface area contributed by atoms with Gasteiger partial charge >= 0.3 is 18.1 Å². The lowest BCUT2D eigenvalue weighted by Gasteiger charge is -1.98. The van der Waals surface area contributed by atoms with Crippen LogP contribution in [0.4, 0.5) is 4.79 Å². The number of aliphatic hydroxyl groups excluding tert-OH is 2. The van der Waals surface area contributed by atoms with E-state index in [0.717, 1.165) is 0 Å². The van der Waals surface area contributed by atoms with Gasteiger partial charge in [-0.15, -0.1) is 0 Å². The van der Waals surface area contributed by atoms with Crippen molar-refractivity contribution in [3.05, 3.63) is 35.4 Å². The lowest BCUT2D eigenvalue weighted by atomic mass is 10.1. The van der Waals surface area contributed by atoms with Gasteiger partial charge in [0.2, 0.25) is 0 Å².